The zero-order chi connectivity index (χ0) is 18.8. The van der Waals surface area contributed by atoms with Gasteiger partial charge in [0.05, 0.1) is 6.61 Å². The Morgan fingerprint density at radius 1 is 1.19 bits per heavy atom. The van der Waals surface area contributed by atoms with Crippen molar-refractivity contribution in [2.45, 2.75) is 6.61 Å². The van der Waals surface area contributed by atoms with Crippen LogP contribution in [0.2, 0.25) is 0 Å². The van der Waals surface area contributed by atoms with Crippen LogP contribution in [0.4, 0.5) is 0 Å². The van der Waals surface area contributed by atoms with Crippen molar-refractivity contribution in [3.05, 3.63) is 69.7 Å². The predicted molar refractivity (Wildman–Crippen MR) is 103 cm³/mol. The molecule has 0 saturated heterocycles. The van der Waals surface area contributed by atoms with Gasteiger partial charge >= 0.3 is 0 Å². The summed E-state index contributed by atoms with van der Waals surface area (Å²) in [6.45, 7) is 1.22. The lowest BCUT2D eigenvalue weighted by Gasteiger charge is -2.07. The van der Waals surface area contributed by atoms with Gasteiger partial charge in [-0.25, -0.2) is 0 Å². The lowest BCUT2D eigenvalue weighted by Crippen LogP contribution is -2.27. The van der Waals surface area contributed by atoms with Gasteiger partial charge in [-0.1, -0.05) is 40.2 Å². The largest absolute Gasteiger partial charge is 0.489 e. The average molecular weight is 415 g/mol. The summed E-state index contributed by atoms with van der Waals surface area (Å²) in [4.78, 5) is 11.9. The van der Waals surface area contributed by atoms with E-state index in [9.17, 15) is 4.79 Å². The molecule has 0 bridgehead atoms. The van der Waals surface area contributed by atoms with E-state index in [-0.39, 0.29) is 5.57 Å². The maximum atomic E-state index is 11.9. The van der Waals surface area contributed by atoms with Gasteiger partial charge in [0.1, 0.15) is 24.0 Å². The maximum Gasteiger partial charge on any atom is 0.262 e. The topological polar surface area (TPSA) is 71.3 Å². The van der Waals surface area contributed by atoms with Gasteiger partial charge in [-0.3, -0.25) is 4.79 Å². The SMILES string of the molecule is COCCNC(=O)/C(C#N)=C/c1ccc(OCc2ccc(Br)cc2)cc1. The van der Waals surface area contributed by atoms with E-state index >= 15 is 0 Å². The van der Waals surface area contributed by atoms with E-state index in [2.05, 4.69) is 21.2 Å². The molecule has 0 spiro atoms. The van der Waals surface area contributed by atoms with Gasteiger partial charge in [-0.15, -0.1) is 0 Å². The normalized spacial score (nSPS) is 10.9. The van der Waals surface area contributed by atoms with Gasteiger partial charge in [0, 0.05) is 18.1 Å². The Labute approximate surface area is 161 Å². The van der Waals surface area contributed by atoms with Crippen molar-refractivity contribution in [2.24, 2.45) is 0 Å². The fraction of sp³-hybridized carbons (Fsp3) is 0.200. The number of nitrogens with zero attached hydrogens (tertiary/aromatic N) is 1. The first-order valence-electron chi connectivity index (χ1n) is 7.98. The molecule has 0 atom stereocenters. The Hall–Kier alpha value is -2.62. The molecule has 1 N–H and O–H groups in total. The molecule has 2 rings (SSSR count). The van der Waals surface area contributed by atoms with Crippen molar-refractivity contribution < 1.29 is 14.3 Å². The molecule has 0 heterocycles. The third kappa shape index (κ3) is 6.36. The van der Waals surface area contributed by atoms with Crippen LogP contribution in [0.1, 0.15) is 11.1 Å². The maximum absolute atomic E-state index is 11.9. The molecule has 1 amide bonds. The summed E-state index contributed by atoms with van der Waals surface area (Å²) in [7, 11) is 1.55. The van der Waals surface area contributed by atoms with Gasteiger partial charge < -0.3 is 14.8 Å². The highest BCUT2D eigenvalue weighted by molar-refractivity contribution is 9.10. The summed E-state index contributed by atoms with van der Waals surface area (Å²) in [6.07, 6.45) is 1.54. The van der Waals surface area contributed by atoms with Crippen LogP contribution in [-0.4, -0.2) is 26.2 Å². The van der Waals surface area contributed by atoms with Gasteiger partial charge in [0.15, 0.2) is 0 Å². The molecule has 2 aromatic carbocycles. The summed E-state index contributed by atoms with van der Waals surface area (Å²) in [6, 6.07) is 17.0. The molecule has 0 fully saturated rings. The average Bonchev–Trinajstić information content (AvgIpc) is 2.66. The number of carbonyl (C=O) groups is 1. The molecule has 26 heavy (non-hydrogen) atoms. The van der Waals surface area contributed by atoms with Gasteiger partial charge in [-0.2, -0.15) is 5.26 Å². The smallest absolute Gasteiger partial charge is 0.262 e. The van der Waals surface area contributed by atoms with Crippen LogP contribution in [0.5, 0.6) is 5.75 Å². The molecule has 0 saturated carbocycles. The van der Waals surface area contributed by atoms with Crippen molar-refractivity contribution >= 4 is 27.9 Å². The van der Waals surface area contributed by atoms with E-state index in [1.165, 1.54) is 0 Å². The summed E-state index contributed by atoms with van der Waals surface area (Å²) in [5.74, 6) is 0.299. The quantitative estimate of drug-likeness (QED) is 0.406. The van der Waals surface area contributed by atoms with E-state index in [1.54, 1.807) is 25.3 Å². The number of hydrogen-bond acceptors (Lipinski definition) is 4. The predicted octanol–water partition coefficient (Wildman–Crippen LogP) is 3.70. The van der Waals surface area contributed by atoms with Crippen LogP contribution in [-0.2, 0) is 16.1 Å². The minimum absolute atomic E-state index is 0.0460. The van der Waals surface area contributed by atoms with E-state index < -0.39 is 5.91 Å². The fourth-order valence-corrected chi connectivity index (χ4v) is 2.35. The summed E-state index contributed by atoms with van der Waals surface area (Å²) < 4.78 is 11.6. The van der Waals surface area contributed by atoms with Crippen molar-refractivity contribution in [2.75, 3.05) is 20.3 Å². The van der Waals surface area contributed by atoms with Crippen LogP contribution in [0.25, 0.3) is 6.08 Å². The standard InChI is InChI=1S/C20H19BrN2O3/c1-25-11-10-23-20(24)17(13-22)12-15-4-8-19(9-5-15)26-14-16-2-6-18(21)7-3-16/h2-9,12H,10-11,14H2,1H3,(H,23,24)/b17-12+. The Kier molecular flexibility index (Phi) is 7.87. The molecule has 0 radical (unpaired) electrons. The second-order valence-electron chi connectivity index (χ2n) is 5.40. The molecule has 0 aliphatic carbocycles. The Morgan fingerprint density at radius 2 is 1.88 bits per heavy atom. The van der Waals surface area contributed by atoms with E-state index in [0.717, 1.165) is 15.6 Å². The van der Waals surface area contributed by atoms with Gasteiger partial charge in [0.25, 0.3) is 5.91 Å². The van der Waals surface area contributed by atoms with Crippen molar-refractivity contribution in [1.82, 2.24) is 5.32 Å². The van der Waals surface area contributed by atoms with Crippen LogP contribution in [0.3, 0.4) is 0 Å². The highest BCUT2D eigenvalue weighted by Crippen LogP contribution is 2.17. The third-order valence-corrected chi connectivity index (χ3v) is 4.00. The number of amides is 1. The number of hydrogen-bond donors (Lipinski definition) is 1. The summed E-state index contributed by atoms with van der Waals surface area (Å²) >= 11 is 3.40. The summed E-state index contributed by atoms with van der Waals surface area (Å²) in [5, 5.41) is 11.8. The van der Waals surface area contributed by atoms with Crippen molar-refractivity contribution in [3.63, 3.8) is 0 Å². The van der Waals surface area contributed by atoms with Gasteiger partial charge in [0.2, 0.25) is 0 Å². The van der Waals surface area contributed by atoms with E-state index in [1.807, 2.05) is 42.5 Å². The zero-order valence-corrected chi connectivity index (χ0v) is 16.0. The number of benzene rings is 2. The molecule has 0 aromatic heterocycles. The molecule has 5 nitrogen and oxygen atoms in total. The highest BCUT2D eigenvalue weighted by Gasteiger charge is 2.08. The number of methoxy groups -OCH3 is 1. The molecular formula is C20H19BrN2O3. The number of nitriles is 1. The first-order chi connectivity index (χ1) is 12.6. The number of rotatable bonds is 8. The molecule has 0 aliphatic rings. The molecule has 2 aromatic rings. The van der Waals surface area contributed by atoms with Crippen LogP contribution < -0.4 is 10.1 Å². The first-order valence-corrected chi connectivity index (χ1v) is 8.78. The monoisotopic (exact) mass is 414 g/mol. The number of ether oxygens (including phenoxy) is 2. The highest BCUT2D eigenvalue weighted by atomic mass is 79.9. The molecular weight excluding hydrogens is 396 g/mol. The van der Waals surface area contributed by atoms with E-state index in [0.29, 0.717) is 25.5 Å². The first kappa shape index (κ1) is 19.7. The van der Waals surface area contributed by atoms with Crippen LogP contribution in [0, 0.1) is 11.3 Å². The lowest BCUT2D eigenvalue weighted by molar-refractivity contribution is -0.117. The minimum atomic E-state index is -0.417. The van der Waals surface area contributed by atoms with Crippen LogP contribution >= 0.6 is 15.9 Å². The molecule has 134 valence electrons. The van der Waals surface area contributed by atoms with Gasteiger partial charge in [-0.05, 0) is 41.5 Å². The lowest BCUT2D eigenvalue weighted by atomic mass is 10.1. The molecule has 0 unspecified atom stereocenters. The second kappa shape index (κ2) is 10.4. The fourth-order valence-electron chi connectivity index (χ4n) is 2.08. The minimum Gasteiger partial charge on any atom is -0.489 e. The number of halogens is 1. The Morgan fingerprint density at radius 3 is 2.50 bits per heavy atom. The summed E-state index contributed by atoms with van der Waals surface area (Å²) in [5.41, 5.74) is 1.86. The molecule has 6 heteroatoms. The number of nitrogens with one attached hydrogen (secondary N) is 1. The van der Waals surface area contributed by atoms with Crippen molar-refractivity contribution in [3.8, 4) is 11.8 Å². The Balaban J connectivity index is 1.95. The molecule has 0 aliphatic heterocycles. The van der Waals surface area contributed by atoms with Crippen molar-refractivity contribution in [1.29, 1.82) is 5.26 Å². The van der Waals surface area contributed by atoms with Crippen LogP contribution in [0.15, 0.2) is 58.6 Å². The third-order valence-electron chi connectivity index (χ3n) is 3.47. The van der Waals surface area contributed by atoms with E-state index in [4.69, 9.17) is 14.7 Å². The Bertz CT molecular complexity index is 793. The zero-order valence-electron chi connectivity index (χ0n) is 14.4. The second-order valence-corrected chi connectivity index (χ2v) is 6.32. The number of carbonyl (C=O) groups excluding carboxylic acids is 1.